The molecule has 0 spiro atoms. The van der Waals surface area contributed by atoms with Crippen molar-refractivity contribution in [1.82, 2.24) is 9.80 Å². The van der Waals surface area contributed by atoms with Gasteiger partial charge in [-0.2, -0.15) is 0 Å². The number of carbonyl (C=O) groups is 2. The monoisotopic (exact) mass is 298 g/mol. The third-order valence-electron chi connectivity index (χ3n) is 4.76. The summed E-state index contributed by atoms with van der Waals surface area (Å²) in [5.74, 6) is -0.573. The fraction of sp³-hybridized carbons (Fsp3) is 0.867. The maximum absolute atomic E-state index is 12.7. The zero-order valence-corrected chi connectivity index (χ0v) is 12.7. The Kier molecular flexibility index (Phi) is 5.45. The SMILES string of the molecule is CC1CCCN(C(=O)N2CCCC(CCO)C2)C1C(=O)O. The Hall–Kier alpha value is -1.30. The van der Waals surface area contributed by atoms with Gasteiger partial charge in [0, 0.05) is 26.2 Å². The first-order valence-corrected chi connectivity index (χ1v) is 7.93. The zero-order chi connectivity index (χ0) is 15.4. The molecule has 0 aromatic carbocycles. The lowest BCUT2D eigenvalue weighted by atomic mass is 9.90. The van der Waals surface area contributed by atoms with Gasteiger partial charge in [-0.1, -0.05) is 6.92 Å². The second kappa shape index (κ2) is 7.11. The molecule has 2 aliphatic heterocycles. The highest BCUT2D eigenvalue weighted by Crippen LogP contribution is 2.27. The molecule has 0 bridgehead atoms. The molecular formula is C15H26N2O4. The molecule has 6 nitrogen and oxygen atoms in total. The van der Waals surface area contributed by atoms with Crippen molar-refractivity contribution >= 4 is 12.0 Å². The largest absolute Gasteiger partial charge is 0.480 e. The maximum Gasteiger partial charge on any atom is 0.326 e. The second-order valence-corrected chi connectivity index (χ2v) is 6.35. The first-order chi connectivity index (χ1) is 10.0. The second-order valence-electron chi connectivity index (χ2n) is 6.35. The summed E-state index contributed by atoms with van der Waals surface area (Å²) >= 11 is 0. The van der Waals surface area contributed by atoms with Gasteiger partial charge in [0.2, 0.25) is 0 Å². The van der Waals surface area contributed by atoms with Gasteiger partial charge >= 0.3 is 12.0 Å². The van der Waals surface area contributed by atoms with E-state index in [0.29, 0.717) is 32.0 Å². The highest BCUT2D eigenvalue weighted by molar-refractivity contribution is 5.83. The summed E-state index contributed by atoms with van der Waals surface area (Å²) in [6.45, 7) is 3.91. The molecular weight excluding hydrogens is 272 g/mol. The van der Waals surface area contributed by atoms with Crippen LogP contribution in [0.15, 0.2) is 0 Å². The third kappa shape index (κ3) is 3.67. The van der Waals surface area contributed by atoms with E-state index in [9.17, 15) is 14.7 Å². The number of carbonyl (C=O) groups excluding carboxylic acids is 1. The summed E-state index contributed by atoms with van der Waals surface area (Å²) < 4.78 is 0. The van der Waals surface area contributed by atoms with Gasteiger partial charge in [-0.3, -0.25) is 0 Å². The van der Waals surface area contributed by atoms with Gasteiger partial charge < -0.3 is 20.0 Å². The number of likely N-dealkylation sites (tertiary alicyclic amines) is 2. The number of nitrogens with zero attached hydrogens (tertiary/aromatic N) is 2. The van der Waals surface area contributed by atoms with Gasteiger partial charge in [-0.05, 0) is 43.9 Å². The molecule has 0 aliphatic carbocycles. The Labute approximate surface area is 125 Å². The van der Waals surface area contributed by atoms with Gasteiger partial charge in [-0.15, -0.1) is 0 Å². The molecule has 2 saturated heterocycles. The molecule has 0 saturated carbocycles. The van der Waals surface area contributed by atoms with E-state index >= 15 is 0 Å². The average molecular weight is 298 g/mol. The van der Waals surface area contributed by atoms with Crippen molar-refractivity contribution in [2.75, 3.05) is 26.2 Å². The number of hydrogen-bond donors (Lipinski definition) is 2. The predicted octanol–water partition coefficient (Wildman–Crippen LogP) is 1.39. The van der Waals surface area contributed by atoms with Crippen LogP contribution in [0.2, 0.25) is 0 Å². The van der Waals surface area contributed by atoms with Gasteiger partial charge in [-0.25, -0.2) is 9.59 Å². The van der Waals surface area contributed by atoms with Crippen LogP contribution in [-0.4, -0.2) is 64.3 Å². The number of aliphatic hydroxyl groups excluding tert-OH is 1. The van der Waals surface area contributed by atoms with Gasteiger partial charge in [0.05, 0.1) is 0 Å². The molecule has 2 aliphatic rings. The first-order valence-electron chi connectivity index (χ1n) is 7.93. The minimum Gasteiger partial charge on any atom is -0.480 e. The van der Waals surface area contributed by atoms with Crippen LogP contribution >= 0.6 is 0 Å². The first kappa shape index (κ1) is 16.1. The Morgan fingerprint density at radius 2 is 1.90 bits per heavy atom. The molecule has 2 fully saturated rings. The lowest BCUT2D eigenvalue weighted by molar-refractivity contribution is -0.145. The third-order valence-corrected chi connectivity index (χ3v) is 4.76. The molecule has 3 atom stereocenters. The number of urea groups is 1. The number of piperidine rings is 2. The minimum absolute atomic E-state index is 0.00164. The Balaban J connectivity index is 2.04. The van der Waals surface area contributed by atoms with Gasteiger partial charge in [0.15, 0.2) is 0 Å². The number of carboxylic acids is 1. The van der Waals surface area contributed by atoms with Crippen molar-refractivity contribution in [1.29, 1.82) is 0 Å². The Morgan fingerprint density at radius 1 is 1.19 bits per heavy atom. The number of aliphatic carboxylic acids is 1. The van der Waals surface area contributed by atoms with E-state index in [4.69, 9.17) is 5.11 Å². The molecule has 21 heavy (non-hydrogen) atoms. The van der Waals surface area contributed by atoms with Gasteiger partial charge in [0.25, 0.3) is 0 Å². The van der Waals surface area contributed by atoms with Crippen molar-refractivity contribution in [2.24, 2.45) is 11.8 Å². The topological polar surface area (TPSA) is 81.1 Å². The van der Waals surface area contributed by atoms with Gasteiger partial charge in [0.1, 0.15) is 6.04 Å². The van der Waals surface area contributed by atoms with Crippen LogP contribution in [0, 0.1) is 11.8 Å². The van der Waals surface area contributed by atoms with Crippen LogP contribution in [-0.2, 0) is 4.79 Å². The van der Waals surface area contributed by atoms with Crippen LogP contribution in [0.5, 0.6) is 0 Å². The Morgan fingerprint density at radius 3 is 2.57 bits per heavy atom. The summed E-state index contributed by atoms with van der Waals surface area (Å²) in [5.41, 5.74) is 0. The zero-order valence-electron chi connectivity index (χ0n) is 12.7. The van der Waals surface area contributed by atoms with E-state index in [0.717, 1.165) is 25.7 Å². The molecule has 2 amide bonds. The van der Waals surface area contributed by atoms with Crippen LogP contribution in [0.4, 0.5) is 4.79 Å². The number of aliphatic hydroxyl groups is 1. The molecule has 2 rings (SSSR count). The fourth-order valence-electron chi connectivity index (χ4n) is 3.62. The smallest absolute Gasteiger partial charge is 0.326 e. The van der Waals surface area contributed by atoms with Crippen molar-refractivity contribution in [3.8, 4) is 0 Å². The van der Waals surface area contributed by atoms with E-state index < -0.39 is 12.0 Å². The van der Waals surface area contributed by atoms with Crippen LogP contribution < -0.4 is 0 Å². The van der Waals surface area contributed by atoms with Crippen molar-refractivity contribution in [3.05, 3.63) is 0 Å². The molecule has 2 N–H and O–H groups in total. The number of rotatable bonds is 3. The average Bonchev–Trinajstić information content (AvgIpc) is 2.46. The minimum atomic E-state index is -0.903. The van der Waals surface area contributed by atoms with E-state index in [1.54, 1.807) is 4.90 Å². The van der Waals surface area contributed by atoms with Crippen molar-refractivity contribution in [3.63, 3.8) is 0 Å². The molecule has 0 aromatic heterocycles. The van der Waals surface area contributed by atoms with E-state index in [2.05, 4.69) is 0 Å². The quantitative estimate of drug-likeness (QED) is 0.825. The normalized spacial score (nSPS) is 30.3. The molecule has 0 radical (unpaired) electrons. The summed E-state index contributed by atoms with van der Waals surface area (Å²) in [6, 6.07) is -0.846. The lowest BCUT2D eigenvalue weighted by Crippen LogP contribution is -2.57. The Bertz CT molecular complexity index is 386. The van der Waals surface area contributed by atoms with Crippen LogP contribution in [0.3, 0.4) is 0 Å². The van der Waals surface area contributed by atoms with E-state index in [1.165, 1.54) is 4.90 Å². The highest BCUT2D eigenvalue weighted by atomic mass is 16.4. The van der Waals surface area contributed by atoms with Crippen molar-refractivity contribution < 1.29 is 19.8 Å². The fourth-order valence-corrected chi connectivity index (χ4v) is 3.62. The number of carboxylic acid groups (broad SMARTS) is 1. The molecule has 6 heteroatoms. The lowest BCUT2D eigenvalue weighted by Gasteiger charge is -2.42. The highest BCUT2D eigenvalue weighted by Gasteiger charge is 2.39. The molecule has 2 heterocycles. The van der Waals surface area contributed by atoms with E-state index in [1.807, 2.05) is 6.92 Å². The number of amides is 2. The summed E-state index contributed by atoms with van der Waals surface area (Å²) in [5, 5.41) is 18.5. The predicted molar refractivity (Wildman–Crippen MR) is 77.9 cm³/mol. The van der Waals surface area contributed by atoms with E-state index in [-0.39, 0.29) is 18.6 Å². The maximum atomic E-state index is 12.7. The van der Waals surface area contributed by atoms with Crippen molar-refractivity contribution in [2.45, 2.75) is 45.1 Å². The molecule has 120 valence electrons. The summed E-state index contributed by atoms with van der Waals surface area (Å²) in [4.78, 5) is 27.5. The summed E-state index contributed by atoms with van der Waals surface area (Å²) in [6.07, 6.45) is 4.39. The number of hydrogen-bond acceptors (Lipinski definition) is 3. The standard InChI is InChI=1S/C15H26N2O4/c1-11-4-2-8-17(13(11)14(19)20)15(21)16-7-3-5-12(10-16)6-9-18/h11-13,18H,2-10H2,1H3,(H,19,20). The summed E-state index contributed by atoms with van der Waals surface area (Å²) in [7, 11) is 0. The molecule has 0 aromatic rings. The van der Waals surface area contributed by atoms with Crippen LogP contribution in [0.25, 0.3) is 0 Å². The molecule has 3 unspecified atom stereocenters. The van der Waals surface area contributed by atoms with Crippen LogP contribution in [0.1, 0.15) is 39.0 Å².